The number of carboxylic acid groups (broad SMARTS) is 1. The quantitative estimate of drug-likeness (QED) is 0.203. The molecule has 0 radical (unpaired) electrons. The topological polar surface area (TPSA) is 68.3 Å². The van der Waals surface area contributed by atoms with E-state index in [9.17, 15) is 9.90 Å². The van der Waals surface area contributed by atoms with Crippen LogP contribution in [0, 0.1) is 19.7 Å². The van der Waals surface area contributed by atoms with Crippen LogP contribution in [0.15, 0.2) is 0 Å². The number of rotatable bonds is 1. The molecular formula is C7I4N2O2. The normalized spacial score (nSPS) is 9.80. The fraction of sp³-hybridized carbons (Fsp3) is 0. The number of diazo groups is 1. The lowest BCUT2D eigenvalue weighted by Crippen LogP contribution is -2.24. The number of carbonyl (C=O) groups excluding carboxylic acids is 1. The summed E-state index contributed by atoms with van der Waals surface area (Å²) in [5, 5.41) is 19.7. The highest BCUT2D eigenvalue weighted by Gasteiger charge is 2.28. The molecule has 15 heavy (non-hydrogen) atoms. The number of hydrogen-bond acceptors (Lipinski definition) is 3. The first-order valence-electron chi connectivity index (χ1n) is 3.34. The lowest BCUT2D eigenvalue weighted by molar-refractivity contribution is -0.255. The van der Waals surface area contributed by atoms with Crippen molar-refractivity contribution < 1.29 is 9.90 Å². The standard InChI is InChI=1S/C7I4N2O2/c8-2-1(7(14)15)6(13-12)5(11)4(10)3(2)9. The van der Waals surface area contributed by atoms with Crippen molar-refractivity contribution in [3.05, 3.63) is 24.8 Å². The Hall–Kier alpha value is 1.03. The fourth-order valence-corrected chi connectivity index (χ4v) is 4.39. The first-order valence-corrected chi connectivity index (χ1v) is 7.65. The van der Waals surface area contributed by atoms with E-state index in [4.69, 9.17) is 5.39 Å². The second-order valence-electron chi connectivity index (χ2n) is 2.37. The van der Waals surface area contributed by atoms with Crippen molar-refractivity contribution in [2.75, 3.05) is 0 Å². The van der Waals surface area contributed by atoms with Crippen molar-refractivity contribution in [3.8, 4) is 0 Å². The van der Waals surface area contributed by atoms with Gasteiger partial charge in [-0.2, -0.15) is 0 Å². The molecular weight excluding hydrogens is 652 g/mol. The molecule has 0 unspecified atom stereocenters. The molecule has 0 saturated heterocycles. The third-order valence-electron chi connectivity index (χ3n) is 1.55. The number of carbonyl (C=O) groups is 1. The number of carboxylic acids is 1. The first kappa shape index (κ1) is 14.1. The van der Waals surface area contributed by atoms with Crippen molar-refractivity contribution in [3.63, 3.8) is 0 Å². The average Bonchev–Trinajstić information content (AvgIpc) is 2.19. The van der Waals surface area contributed by atoms with Gasteiger partial charge in [0.15, 0.2) is 4.98 Å². The third-order valence-corrected chi connectivity index (χ3v) is 8.93. The second kappa shape index (κ2) is 5.58. The van der Waals surface area contributed by atoms with Gasteiger partial charge in [-0.3, -0.25) is 0 Å². The van der Waals surface area contributed by atoms with Gasteiger partial charge >= 0.3 is 5.69 Å². The molecule has 1 aromatic carbocycles. The second-order valence-corrected chi connectivity index (χ2v) is 6.68. The minimum Gasteiger partial charge on any atom is -0.544 e. The van der Waals surface area contributed by atoms with Crippen LogP contribution in [0.3, 0.4) is 0 Å². The van der Waals surface area contributed by atoms with Crippen LogP contribution in [0.5, 0.6) is 0 Å². The van der Waals surface area contributed by atoms with Gasteiger partial charge in [-0.1, -0.05) is 0 Å². The highest BCUT2D eigenvalue weighted by atomic mass is 127. The minimum absolute atomic E-state index is 0.0600. The molecule has 0 aromatic heterocycles. The lowest BCUT2D eigenvalue weighted by atomic mass is 10.2. The largest absolute Gasteiger partial charge is 0.544 e. The van der Waals surface area contributed by atoms with Crippen molar-refractivity contribution in [2.24, 2.45) is 0 Å². The first-order chi connectivity index (χ1) is 6.91. The molecule has 0 aliphatic heterocycles. The maximum absolute atomic E-state index is 10.9. The van der Waals surface area contributed by atoms with Gasteiger partial charge in [0, 0.05) is 10.7 Å². The van der Waals surface area contributed by atoms with Gasteiger partial charge in [0.2, 0.25) is 5.39 Å². The zero-order valence-electron chi connectivity index (χ0n) is 6.72. The molecule has 0 fully saturated rings. The van der Waals surface area contributed by atoms with E-state index in [1.807, 2.05) is 45.2 Å². The Morgan fingerprint density at radius 3 is 1.93 bits per heavy atom. The Morgan fingerprint density at radius 2 is 1.53 bits per heavy atom. The Kier molecular flexibility index (Phi) is 5.24. The van der Waals surface area contributed by atoms with E-state index < -0.39 is 5.97 Å². The van der Waals surface area contributed by atoms with E-state index in [2.05, 4.69) is 50.2 Å². The average molecular weight is 652 g/mol. The minimum atomic E-state index is -1.33. The van der Waals surface area contributed by atoms with Crippen molar-refractivity contribution >= 4 is 102 Å². The summed E-state index contributed by atoms with van der Waals surface area (Å²) in [7, 11) is 0. The van der Waals surface area contributed by atoms with E-state index in [0.717, 1.165) is 7.14 Å². The predicted molar refractivity (Wildman–Crippen MR) is 86.4 cm³/mol. The van der Waals surface area contributed by atoms with Crippen molar-refractivity contribution in [2.45, 2.75) is 0 Å². The molecule has 0 aliphatic carbocycles. The van der Waals surface area contributed by atoms with E-state index in [1.165, 1.54) is 0 Å². The summed E-state index contributed by atoms with van der Waals surface area (Å²) in [5.74, 6) is -1.33. The molecule has 0 bridgehead atoms. The van der Waals surface area contributed by atoms with Crippen LogP contribution in [0.4, 0.5) is 5.69 Å². The summed E-state index contributed by atoms with van der Waals surface area (Å²) in [6.45, 7) is 0. The summed E-state index contributed by atoms with van der Waals surface area (Å²) in [6, 6.07) is 0. The summed E-state index contributed by atoms with van der Waals surface area (Å²) in [6.07, 6.45) is 0. The third kappa shape index (κ3) is 2.65. The molecule has 1 aromatic rings. The number of benzene rings is 1. The van der Waals surface area contributed by atoms with Gasteiger partial charge in [0.25, 0.3) is 0 Å². The van der Waals surface area contributed by atoms with Crippen molar-refractivity contribution in [1.29, 1.82) is 5.39 Å². The summed E-state index contributed by atoms with van der Waals surface area (Å²) < 4.78 is 2.84. The number of nitrogens with zero attached hydrogens (tertiary/aromatic N) is 2. The van der Waals surface area contributed by atoms with Gasteiger partial charge < -0.3 is 9.90 Å². The zero-order valence-corrected chi connectivity index (χ0v) is 15.4. The van der Waals surface area contributed by atoms with Gasteiger partial charge in [0.05, 0.1) is 5.97 Å². The molecule has 0 spiro atoms. The van der Waals surface area contributed by atoms with E-state index >= 15 is 0 Å². The van der Waals surface area contributed by atoms with Crippen molar-refractivity contribution in [1.82, 2.24) is 0 Å². The summed E-state index contributed by atoms with van der Waals surface area (Å²) in [4.78, 5) is 13.9. The summed E-state index contributed by atoms with van der Waals surface area (Å²) >= 11 is 7.98. The lowest BCUT2D eigenvalue weighted by Gasteiger charge is -2.07. The highest BCUT2D eigenvalue weighted by molar-refractivity contribution is 14.1. The molecule has 8 heteroatoms. The van der Waals surface area contributed by atoms with Crippen LogP contribution >= 0.6 is 90.4 Å². The smallest absolute Gasteiger partial charge is 0.409 e. The molecule has 78 valence electrons. The van der Waals surface area contributed by atoms with Crippen LogP contribution in [-0.2, 0) is 0 Å². The Bertz CT molecular complexity index is 495. The van der Waals surface area contributed by atoms with Gasteiger partial charge in [0.1, 0.15) is 9.13 Å². The maximum atomic E-state index is 10.9. The van der Waals surface area contributed by atoms with Crippen LogP contribution in [0.25, 0.3) is 4.98 Å². The van der Waals surface area contributed by atoms with E-state index in [-0.39, 0.29) is 11.3 Å². The van der Waals surface area contributed by atoms with Crippen LogP contribution in [0.2, 0.25) is 0 Å². The van der Waals surface area contributed by atoms with Gasteiger partial charge in [-0.25, -0.2) is 0 Å². The Morgan fingerprint density at radius 1 is 1.07 bits per heavy atom. The Balaban J connectivity index is 3.80. The Labute approximate surface area is 140 Å². The molecule has 0 heterocycles. The monoisotopic (exact) mass is 652 g/mol. The highest BCUT2D eigenvalue weighted by Crippen LogP contribution is 2.37. The van der Waals surface area contributed by atoms with E-state index in [1.54, 1.807) is 0 Å². The van der Waals surface area contributed by atoms with E-state index in [0.29, 0.717) is 7.14 Å². The molecule has 0 N–H and O–H groups in total. The molecule has 0 atom stereocenters. The molecule has 1 rings (SSSR count). The SMILES string of the molecule is N#[N+]c1c(I)c(I)c(I)c(I)c1C(=O)[O-]. The molecule has 4 nitrogen and oxygen atoms in total. The summed E-state index contributed by atoms with van der Waals surface area (Å²) in [5.41, 5.74) is -0.00266. The maximum Gasteiger partial charge on any atom is 0.409 e. The van der Waals surface area contributed by atoms with Gasteiger partial charge in [-0.05, 0) is 90.4 Å². The predicted octanol–water partition coefficient (Wildman–Crippen LogP) is 2.95. The van der Waals surface area contributed by atoms with Crippen LogP contribution < -0.4 is 5.11 Å². The van der Waals surface area contributed by atoms with Gasteiger partial charge in [-0.15, -0.1) is 0 Å². The number of halogens is 4. The number of aromatic carboxylic acids is 1. The van der Waals surface area contributed by atoms with Crippen LogP contribution in [-0.4, -0.2) is 5.97 Å². The molecule has 0 aliphatic rings. The number of hydrogen-bond donors (Lipinski definition) is 0. The van der Waals surface area contributed by atoms with Crippen LogP contribution in [0.1, 0.15) is 10.4 Å². The molecule has 0 saturated carbocycles. The zero-order chi connectivity index (χ0) is 11.7. The molecule has 0 amide bonds. The fourth-order valence-electron chi connectivity index (χ4n) is 0.900.